The lowest BCUT2D eigenvalue weighted by Gasteiger charge is -2.09. The number of thioether (sulfide) groups is 1. The van der Waals surface area contributed by atoms with Crippen molar-refractivity contribution in [3.8, 4) is 0 Å². The van der Waals surface area contributed by atoms with Gasteiger partial charge in [0.2, 0.25) is 5.91 Å². The lowest BCUT2D eigenvalue weighted by Crippen LogP contribution is -2.15. The van der Waals surface area contributed by atoms with Gasteiger partial charge in [0.25, 0.3) is 0 Å². The van der Waals surface area contributed by atoms with E-state index in [9.17, 15) is 9.59 Å². The molecule has 0 bridgehead atoms. The number of methoxy groups -OCH3 is 1. The Morgan fingerprint density at radius 3 is 2.79 bits per heavy atom. The van der Waals surface area contributed by atoms with Gasteiger partial charge in [0.15, 0.2) is 0 Å². The normalized spacial score (nSPS) is 12.6. The van der Waals surface area contributed by atoms with Crippen molar-refractivity contribution in [2.45, 2.75) is 19.8 Å². The number of nitrogens with one attached hydrogen (secondary N) is 2. The molecule has 0 aromatic heterocycles. The highest BCUT2D eigenvalue weighted by Gasteiger charge is 2.15. The molecule has 0 unspecified atom stereocenters. The maximum absolute atomic E-state index is 12.4. The van der Waals surface area contributed by atoms with Crippen LogP contribution in [0.5, 0.6) is 0 Å². The minimum Gasteiger partial charge on any atom is -0.469 e. The minimum absolute atomic E-state index is 0.0976. The zero-order valence-corrected chi connectivity index (χ0v) is 17.2. The van der Waals surface area contributed by atoms with Crippen LogP contribution in [-0.2, 0) is 20.7 Å². The van der Waals surface area contributed by atoms with E-state index in [2.05, 4.69) is 22.5 Å². The minimum atomic E-state index is -0.346. The molecule has 1 amide bonds. The SMILES string of the molecule is CCc1cccc(NC(=O)CSC2=Nc3ccccc3NC(CC(=O)OC)=C2)c1. The predicted molar refractivity (Wildman–Crippen MR) is 119 cm³/mol. The largest absolute Gasteiger partial charge is 0.469 e. The third-order valence-electron chi connectivity index (χ3n) is 4.26. The molecule has 3 rings (SSSR count). The summed E-state index contributed by atoms with van der Waals surface area (Å²) in [6.07, 6.45) is 2.79. The molecule has 0 fully saturated rings. The van der Waals surface area contributed by atoms with Crippen LogP contribution < -0.4 is 10.6 Å². The van der Waals surface area contributed by atoms with E-state index in [1.807, 2.05) is 48.5 Å². The van der Waals surface area contributed by atoms with Crippen molar-refractivity contribution in [2.24, 2.45) is 4.99 Å². The maximum atomic E-state index is 12.4. The third-order valence-corrected chi connectivity index (χ3v) is 5.17. The molecule has 2 aromatic rings. The van der Waals surface area contributed by atoms with Crippen LogP contribution in [0.4, 0.5) is 17.1 Å². The molecule has 6 nitrogen and oxygen atoms in total. The second-order valence-corrected chi connectivity index (χ2v) is 7.40. The summed E-state index contributed by atoms with van der Waals surface area (Å²) in [7, 11) is 1.36. The summed E-state index contributed by atoms with van der Waals surface area (Å²) >= 11 is 1.32. The van der Waals surface area contributed by atoms with Crippen molar-refractivity contribution in [3.63, 3.8) is 0 Å². The zero-order valence-electron chi connectivity index (χ0n) is 16.4. The molecule has 0 saturated carbocycles. The van der Waals surface area contributed by atoms with Crippen LogP contribution in [0, 0.1) is 0 Å². The molecule has 1 heterocycles. The number of amides is 1. The highest BCUT2D eigenvalue weighted by atomic mass is 32.2. The van der Waals surface area contributed by atoms with Gasteiger partial charge >= 0.3 is 5.97 Å². The number of carbonyl (C=O) groups excluding carboxylic acids is 2. The van der Waals surface area contributed by atoms with E-state index in [4.69, 9.17) is 4.74 Å². The fraction of sp³-hybridized carbons (Fsp3) is 0.227. The van der Waals surface area contributed by atoms with E-state index >= 15 is 0 Å². The van der Waals surface area contributed by atoms with Crippen molar-refractivity contribution in [2.75, 3.05) is 23.5 Å². The quantitative estimate of drug-likeness (QED) is 0.686. The second-order valence-electron chi connectivity index (χ2n) is 6.41. The van der Waals surface area contributed by atoms with E-state index < -0.39 is 0 Å². The van der Waals surface area contributed by atoms with Crippen LogP contribution >= 0.6 is 11.8 Å². The Balaban J connectivity index is 1.71. The first kappa shape index (κ1) is 20.7. The summed E-state index contributed by atoms with van der Waals surface area (Å²) in [6, 6.07) is 15.4. The lowest BCUT2D eigenvalue weighted by atomic mass is 10.1. The number of ether oxygens (including phenoxy) is 1. The molecule has 2 aromatic carbocycles. The summed E-state index contributed by atoms with van der Waals surface area (Å²) in [5, 5.41) is 6.80. The van der Waals surface area contributed by atoms with E-state index in [1.54, 1.807) is 6.08 Å². The van der Waals surface area contributed by atoms with Crippen molar-refractivity contribution in [1.29, 1.82) is 0 Å². The number of aryl methyl sites for hydroxylation is 1. The van der Waals surface area contributed by atoms with Crippen LogP contribution in [0.2, 0.25) is 0 Å². The predicted octanol–water partition coefficient (Wildman–Crippen LogP) is 4.52. The number of aliphatic imine (C=N–C) groups is 1. The van der Waals surface area contributed by atoms with Crippen molar-refractivity contribution < 1.29 is 14.3 Å². The summed E-state index contributed by atoms with van der Waals surface area (Å²) in [6.45, 7) is 2.07. The first-order chi connectivity index (χ1) is 14.1. The topological polar surface area (TPSA) is 79.8 Å². The number of rotatable bonds is 6. The van der Waals surface area contributed by atoms with Gasteiger partial charge in [-0.25, -0.2) is 4.99 Å². The van der Waals surface area contributed by atoms with Crippen LogP contribution in [0.25, 0.3) is 0 Å². The molecule has 0 aliphatic carbocycles. The smallest absolute Gasteiger partial charge is 0.311 e. The van der Waals surface area contributed by atoms with Crippen LogP contribution in [0.3, 0.4) is 0 Å². The Hall–Kier alpha value is -3.06. The molecule has 29 heavy (non-hydrogen) atoms. The number of hydrogen-bond donors (Lipinski definition) is 2. The Morgan fingerprint density at radius 2 is 2.00 bits per heavy atom. The molecule has 1 aliphatic heterocycles. The summed E-state index contributed by atoms with van der Waals surface area (Å²) in [4.78, 5) is 28.8. The van der Waals surface area contributed by atoms with Crippen molar-refractivity contribution in [3.05, 3.63) is 65.9 Å². The number of benzene rings is 2. The zero-order chi connectivity index (χ0) is 20.6. The molecule has 1 aliphatic rings. The average Bonchev–Trinajstić information content (AvgIpc) is 2.90. The first-order valence-electron chi connectivity index (χ1n) is 9.31. The number of esters is 1. The summed E-state index contributed by atoms with van der Waals surface area (Å²) in [5.41, 5.74) is 4.18. The van der Waals surface area contributed by atoms with Gasteiger partial charge in [-0.05, 0) is 42.3 Å². The number of carbonyl (C=O) groups is 2. The highest BCUT2D eigenvalue weighted by molar-refractivity contribution is 8.14. The van der Waals surface area contributed by atoms with Gasteiger partial charge in [-0.15, -0.1) is 0 Å². The Bertz CT molecular complexity index is 969. The van der Waals surface area contributed by atoms with Gasteiger partial charge in [-0.1, -0.05) is 43.0 Å². The Labute approximate surface area is 174 Å². The summed E-state index contributed by atoms with van der Waals surface area (Å²) < 4.78 is 4.77. The molecule has 0 radical (unpaired) electrons. The molecular formula is C22H23N3O3S. The number of anilines is 2. The monoisotopic (exact) mass is 409 g/mol. The number of nitrogens with zero attached hydrogens (tertiary/aromatic N) is 1. The number of fused-ring (bicyclic) bond motifs is 1. The Morgan fingerprint density at radius 1 is 1.17 bits per heavy atom. The Kier molecular flexibility index (Phi) is 7.08. The van der Waals surface area contributed by atoms with E-state index in [-0.39, 0.29) is 24.1 Å². The fourth-order valence-electron chi connectivity index (χ4n) is 2.79. The number of para-hydroxylation sites is 2. The van der Waals surface area contributed by atoms with Crippen LogP contribution in [0.15, 0.2) is 65.3 Å². The van der Waals surface area contributed by atoms with Crippen LogP contribution in [-0.4, -0.2) is 29.8 Å². The van der Waals surface area contributed by atoms with Crippen molar-refractivity contribution in [1.82, 2.24) is 0 Å². The van der Waals surface area contributed by atoms with Gasteiger partial charge in [0, 0.05) is 11.4 Å². The van der Waals surface area contributed by atoms with E-state index in [0.717, 1.165) is 23.5 Å². The molecule has 0 atom stereocenters. The molecule has 0 spiro atoms. The van der Waals surface area contributed by atoms with E-state index in [1.165, 1.54) is 24.4 Å². The standard InChI is InChI=1S/C22H23N3O3S/c1-3-15-7-6-8-16(11-15)24-20(26)14-29-21-12-17(13-22(27)28-2)23-18-9-4-5-10-19(18)25-21/h4-12,23H,3,13-14H2,1-2H3,(H,24,26). The third kappa shape index (κ3) is 5.96. The molecule has 150 valence electrons. The van der Waals surface area contributed by atoms with Crippen LogP contribution in [0.1, 0.15) is 18.9 Å². The van der Waals surface area contributed by atoms with Crippen molar-refractivity contribution >= 4 is 45.7 Å². The fourth-order valence-corrected chi connectivity index (χ4v) is 3.53. The number of hydrogen-bond acceptors (Lipinski definition) is 6. The van der Waals surface area contributed by atoms with Gasteiger partial charge in [-0.2, -0.15) is 0 Å². The average molecular weight is 410 g/mol. The van der Waals surface area contributed by atoms with Gasteiger partial charge < -0.3 is 15.4 Å². The van der Waals surface area contributed by atoms with Gasteiger partial charge in [0.05, 0.1) is 35.7 Å². The molecular weight excluding hydrogens is 386 g/mol. The molecule has 0 saturated heterocycles. The van der Waals surface area contributed by atoms with Gasteiger partial charge in [-0.3, -0.25) is 9.59 Å². The molecule has 7 heteroatoms. The van der Waals surface area contributed by atoms with Gasteiger partial charge in [0.1, 0.15) is 0 Å². The first-order valence-corrected chi connectivity index (χ1v) is 10.3. The second kappa shape index (κ2) is 9.93. The van der Waals surface area contributed by atoms with E-state index in [0.29, 0.717) is 10.7 Å². The lowest BCUT2D eigenvalue weighted by molar-refractivity contribution is -0.139. The highest BCUT2D eigenvalue weighted by Crippen LogP contribution is 2.31. The molecule has 2 N–H and O–H groups in total. The summed E-state index contributed by atoms with van der Waals surface area (Å²) in [5.74, 6) is -0.250. The maximum Gasteiger partial charge on any atom is 0.311 e.